The number of hydrogen-bond donors (Lipinski definition) is 2. The number of likely N-dealkylation sites (N-methyl/N-ethyl adjacent to an activating group) is 1. The van der Waals surface area contributed by atoms with Crippen molar-refractivity contribution in [1.82, 2.24) is 10.3 Å². The molecule has 2 aromatic rings. The average molecular weight is 288 g/mol. The number of esters is 1. The normalized spacial score (nSPS) is 11.8. The number of H-pyrrole nitrogens is 1. The predicted molar refractivity (Wildman–Crippen MR) is 85.6 cm³/mol. The van der Waals surface area contributed by atoms with Gasteiger partial charge >= 0.3 is 5.97 Å². The van der Waals surface area contributed by atoms with Crippen molar-refractivity contribution >= 4 is 16.9 Å². The van der Waals surface area contributed by atoms with E-state index in [2.05, 4.69) is 17.2 Å². The summed E-state index contributed by atoms with van der Waals surface area (Å²) in [4.78, 5) is 15.4. The Morgan fingerprint density at radius 2 is 2.10 bits per heavy atom. The van der Waals surface area contributed by atoms with Gasteiger partial charge in [-0.05, 0) is 58.0 Å². The zero-order valence-corrected chi connectivity index (χ0v) is 13.2. The molecule has 0 saturated carbocycles. The smallest absolute Gasteiger partial charge is 0.316 e. The van der Waals surface area contributed by atoms with Crippen molar-refractivity contribution in [3.63, 3.8) is 0 Å². The van der Waals surface area contributed by atoms with Crippen LogP contribution in [0.3, 0.4) is 0 Å². The maximum atomic E-state index is 12.1. The summed E-state index contributed by atoms with van der Waals surface area (Å²) in [6.45, 7) is 9.53. The highest BCUT2D eigenvalue weighted by Crippen LogP contribution is 2.30. The van der Waals surface area contributed by atoms with E-state index in [9.17, 15) is 4.79 Å². The maximum Gasteiger partial charge on any atom is 0.316 e. The molecule has 0 aliphatic rings. The molecule has 2 rings (SSSR count). The van der Waals surface area contributed by atoms with Gasteiger partial charge in [0.15, 0.2) is 0 Å². The minimum absolute atomic E-state index is 0.214. The van der Waals surface area contributed by atoms with Gasteiger partial charge in [-0.3, -0.25) is 4.79 Å². The fourth-order valence-electron chi connectivity index (χ4n) is 2.15. The van der Waals surface area contributed by atoms with Crippen LogP contribution in [0.2, 0.25) is 0 Å². The zero-order chi connectivity index (χ0) is 15.5. The van der Waals surface area contributed by atoms with Crippen LogP contribution in [0.5, 0.6) is 5.75 Å². The summed E-state index contributed by atoms with van der Waals surface area (Å²) in [6.07, 6.45) is 2.90. The quantitative estimate of drug-likeness (QED) is 0.504. The first-order valence-corrected chi connectivity index (χ1v) is 7.45. The van der Waals surface area contributed by atoms with E-state index in [4.69, 9.17) is 4.74 Å². The van der Waals surface area contributed by atoms with Gasteiger partial charge in [-0.15, -0.1) is 0 Å². The number of rotatable bonds is 5. The number of carbonyl (C=O) groups excluding carboxylic acids is 1. The zero-order valence-electron chi connectivity index (χ0n) is 13.2. The van der Waals surface area contributed by atoms with Gasteiger partial charge in [0.2, 0.25) is 0 Å². The van der Waals surface area contributed by atoms with Crippen LogP contribution in [0.25, 0.3) is 10.9 Å². The van der Waals surface area contributed by atoms with Crippen molar-refractivity contribution in [3.8, 4) is 5.75 Å². The third-order valence-corrected chi connectivity index (χ3v) is 3.39. The van der Waals surface area contributed by atoms with E-state index >= 15 is 0 Å². The number of aromatic nitrogens is 1. The van der Waals surface area contributed by atoms with Gasteiger partial charge in [0.25, 0.3) is 0 Å². The molecule has 114 valence electrons. The van der Waals surface area contributed by atoms with E-state index in [0.29, 0.717) is 5.75 Å². The van der Waals surface area contributed by atoms with Gasteiger partial charge in [-0.25, -0.2) is 0 Å². The molecule has 2 N–H and O–H groups in total. The first kappa shape index (κ1) is 15.6. The molecule has 4 nitrogen and oxygen atoms in total. The Bertz CT molecular complexity index is 623. The number of fused-ring (bicyclic) bond motifs is 1. The minimum Gasteiger partial charge on any atom is -0.425 e. The fraction of sp³-hybridized carbons (Fsp3) is 0.471. The summed E-state index contributed by atoms with van der Waals surface area (Å²) in [5.41, 5.74) is 1.66. The SMILES string of the molecule is CCNCCc1c[nH]c2cccc(OC(=O)C(C)(C)C)c12. The number of ether oxygens (including phenoxy) is 1. The van der Waals surface area contributed by atoms with Crippen LogP contribution in [-0.4, -0.2) is 24.0 Å². The van der Waals surface area contributed by atoms with E-state index < -0.39 is 5.41 Å². The molecule has 0 aliphatic heterocycles. The predicted octanol–water partition coefficient (Wildman–Crippen LogP) is 3.27. The molecule has 0 saturated heterocycles. The lowest BCUT2D eigenvalue weighted by molar-refractivity contribution is -0.142. The summed E-state index contributed by atoms with van der Waals surface area (Å²) in [7, 11) is 0. The summed E-state index contributed by atoms with van der Waals surface area (Å²) in [5, 5.41) is 4.32. The number of benzene rings is 1. The topological polar surface area (TPSA) is 54.1 Å². The summed E-state index contributed by atoms with van der Waals surface area (Å²) >= 11 is 0. The number of aromatic amines is 1. The van der Waals surface area contributed by atoms with Gasteiger partial charge in [-0.2, -0.15) is 0 Å². The highest BCUT2D eigenvalue weighted by Gasteiger charge is 2.24. The monoisotopic (exact) mass is 288 g/mol. The standard InChI is InChI=1S/C17H24N2O2/c1-5-18-10-9-12-11-19-13-7-6-8-14(15(12)13)21-16(20)17(2,3)4/h6-8,11,18-19H,5,9-10H2,1-4H3. The van der Waals surface area contributed by atoms with Crippen LogP contribution in [0.4, 0.5) is 0 Å². The Morgan fingerprint density at radius 3 is 2.76 bits per heavy atom. The molecule has 4 heteroatoms. The Balaban J connectivity index is 2.30. The van der Waals surface area contributed by atoms with Crippen LogP contribution in [0, 0.1) is 5.41 Å². The van der Waals surface area contributed by atoms with Gasteiger partial charge < -0.3 is 15.0 Å². The molecule has 0 fully saturated rings. The van der Waals surface area contributed by atoms with E-state index in [0.717, 1.165) is 30.4 Å². The molecule has 0 aliphatic carbocycles. The van der Waals surface area contributed by atoms with Crippen molar-refractivity contribution in [2.24, 2.45) is 5.41 Å². The second-order valence-electron chi connectivity index (χ2n) is 6.24. The van der Waals surface area contributed by atoms with Crippen LogP contribution in [0.1, 0.15) is 33.3 Å². The first-order valence-electron chi connectivity index (χ1n) is 7.45. The van der Waals surface area contributed by atoms with Crippen molar-refractivity contribution < 1.29 is 9.53 Å². The molecule has 1 heterocycles. The van der Waals surface area contributed by atoms with E-state index in [1.807, 2.05) is 45.2 Å². The molecule has 0 spiro atoms. The van der Waals surface area contributed by atoms with Crippen molar-refractivity contribution in [3.05, 3.63) is 30.0 Å². The van der Waals surface area contributed by atoms with Gasteiger partial charge in [-0.1, -0.05) is 13.0 Å². The molecular weight excluding hydrogens is 264 g/mol. The molecule has 0 bridgehead atoms. The summed E-state index contributed by atoms with van der Waals surface area (Å²) < 4.78 is 5.62. The Labute approximate surface area is 125 Å². The van der Waals surface area contributed by atoms with Crippen molar-refractivity contribution in [2.45, 2.75) is 34.1 Å². The lowest BCUT2D eigenvalue weighted by atomic mass is 9.97. The van der Waals surface area contributed by atoms with E-state index in [1.54, 1.807) is 0 Å². The van der Waals surface area contributed by atoms with Crippen LogP contribution in [0.15, 0.2) is 24.4 Å². The number of nitrogens with one attached hydrogen (secondary N) is 2. The Kier molecular flexibility index (Phi) is 4.68. The molecular formula is C17H24N2O2. The molecule has 0 radical (unpaired) electrons. The second-order valence-corrected chi connectivity index (χ2v) is 6.24. The highest BCUT2D eigenvalue weighted by atomic mass is 16.5. The molecule has 1 aromatic heterocycles. The molecule has 1 aromatic carbocycles. The third kappa shape index (κ3) is 3.64. The maximum absolute atomic E-state index is 12.1. The highest BCUT2D eigenvalue weighted by molar-refractivity contribution is 5.92. The summed E-state index contributed by atoms with van der Waals surface area (Å²) in [6, 6.07) is 5.76. The first-order chi connectivity index (χ1) is 9.93. The number of hydrogen-bond acceptors (Lipinski definition) is 3. The molecule has 21 heavy (non-hydrogen) atoms. The fourth-order valence-corrected chi connectivity index (χ4v) is 2.15. The van der Waals surface area contributed by atoms with E-state index in [-0.39, 0.29) is 5.97 Å². The van der Waals surface area contributed by atoms with Crippen LogP contribution < -0.4 is 10.1 Å². The average Bonchev–Trinajstić information content (AvgIpc) is 2.82. The van der Waals surface area contributed by atoms with Crippen molar-refractivity contribution in [2.75, 3.05) is 13.1 Å². The van der Waals surface area contributed by atoms with Crippen molar-refractivity contribution in [1.29, 1.82) is 0 Å². The second kappa shape index (κ2) is 6.31. The van der Waals surface area contributed by atoms with Gasteiger partial charge in [0.05, 0.1) is 5.41 Å². The minimum atomic E-state index is -0.512. The largest absolute Gasteiger partial charge is 0.425 e. The molecule has 0 unspecified atom stereocenters. The lowest BCUT2D eigenvalue weighted by Gasteiger charge is -2.17. The molecule has 0 amide bonds. The Morgan fingerprint density at radius 1 is 1.33 bits per heavy atom. The number of carbonyl (C=O) groups is 1. The van der Waals surface area contributed by atoms with E-state index in [1.165, 1.54) is 5.56 Å². The summed E-state index contributed by atoms with van der Waals surface area (Å²) in [5.74, 6) is 0.425. The van der Waals surface area contributed by atoms with Crippen LogP contribution in [-0.2, 0) is 11.2 Å². The van der Waals surface area contributed by atoms with Crippen LogP contribution >= 0.6 is 0 Å². The third-order valence-electron chi connectivity index (χ3n) is 3.39. The Hall–Kier alpha value is -1.81. The lowest BCUT2D eigenvalue weighted by Crippen LogP contribution is -2.25. The van der Waals surface area contributed by atoms with Gasteiger partial charge in [0, 0.05) is 17.1 Å². The molecule has 0 atom stereocenters. The van der Waals surface area contributed by atoms with Gasteiger partial charge in [0.1, 0.15) is 5.75 Å².